The van der Waals surface area contributed by atoms with Crippen molar-refractivity contribution >= 4 is 39.3 Å². The number of hydrogen-bond acceptors (Lipinski definition) is 2. The van der Waals surface area contributed by atoms with Crippen LogP contribution in [0.1, 0.15) is 5.56 Å². The van der Waals surface area contributed by atoms with Crippen LogP contribution in [0.3, 0.4) is 0 Å². The van der Waals surface area contributed by atoms with Crippen molar-refractivity contribution in [3.63, 3.8) is 0 Å². The predicted molar refractivity (Wildman–Crippen MR) is 82.4 cm³/mol. The predicted octanol–water partition coefficient (Wildman–Crippen LogP) is 3.27. The van der Waals surface area contributed by atoms with Gasteiger partial charge < -0.3 is 10.3 Å². The zero-order valence-corrected chi connectivity index (χ0v) is 11.8. The molecule has 0 saturated carbocycles. The standard InChI is InChI=1S/C14H12IN3/c15-12-6-5-11(16)7-10(12)8-18-9-17-13-3-1-2-4-14(13)18/h1-7,9H,8,16H2. The fourth-order valence-electron chi connectivity index (χ4n) is 2.04. The van der Waals surface area contributed by atoms with Crippen LogP contribution in [-0.2, 0) is 6.54 Å². The van der Waals surface area contributed by atoms with Crippen molar-refractivity contribution in [2.24, 2.45) is 0 Å². The van der Waals surface area contributed by atoms with Crippen molar-refractivity contribution in [3.05, 3.63) is 57.9 Å². The van der Waals surface area contributed by atoms with E-state index in [4.69, 9.17) is 5.73 Å². The van der Waals surface area contributed by atoms with Crippen molar-refractivity contribution < 1.29 is 0 Å². The van der Waals surface area contributed by atoms with Crippen LogP contribution in [0.5, 0.6) is 0 Å². The second kappa shape index (κ2) is 4.61. The summed E-state index contributed by atoms with van der Waals surface area (Å²) in [5.41, 5.74) is 10.0. The first-order chi connectivity index (χ1) is 8.74. The molecule has 90 valence electrons. The Morgan fingerprint density at radius 1 is 1.17 bits per heavy atom. The molecule has 0 fully saturated rings. The lowest BCUT2D eigenvalue weighted by Gasteiger charge is -2.08. The SMILES string of the molecule is Nc1ccc(I)c(Cn2cnc3ccccc32)c1. The van der Waals surface area contributed by atoms with Gasteiger partial charge in [-0.1, -0.05) is 12.1 Å². The van der Waals surface area contributed by atoms with E-state index in [0.717, 1.165) is 23.3 Å². The average molecular weight is 349 g/mol. The Morgan fingerprint density at radius 2 is 2.00 bits per heavy atom. The highest BCUT2D eigenvalue weighted by atomic mass is 127. The number of imidazole rings is 1. The van der Waals surface area contributed by atoms with Crippen LogP contribution >= 0.6 is 22.6 Å². The molecule has 18 heavy (non-hydrogen) atoms. The highest BCUT2D eigenvalue weighted by Crippen LogP contribution is 2.19. The molecule has 0 atom stereocenters. The smallest absolute Gasteiger partial charge is 0.0961 e. The number of hydrogen-bond donors (Lipinski definition) is 1. The summed E-state index contributed by atoms with van der Waals surface area (Å²) >= 11 is 2.34. The zero-order chi connectivity index (χ0) is 12.5. The van der Waals surface area contributed by atoms with Gasteiger partial charge in [0.25, 0.3) is 0 Å². The third-order valence-corrected chi connectivity index (χ3v) is 3.99. The van der Waals surface area contributed by atoms with Gasteiger partial charge in [0.05, 0.1) is 23.9 Å². The zero-order valence-electron chi connectivity index (χ0n) is 9.68. The van der Waals surface area contributed by atoms with Crippen LogP contribution < -0.4 is 5.73 Å². The average Bonchev–Trinajstić information content (AvgIpc) is 2.78. The summed E-state index contributed by atoms with van der Waals surface area (Å²) < 4.78 is 3.37. The van der Waals surface area contributed by atoms with E-state index in [1.54, 1.807) is 0 Å². The first kappa shape index (κ1) is 11.5. The van der Waals surface area contributed by atoms with Gasteiger partial charge in [-0.15, -0.1) is 0 Å². The molecule has 0 saturated heterocycles. The van der Waals surface area contributed by atoms with E-state index in [-0.39, 0.29) is 0 Å². The minimum atomic E-state index is 0.795. The van der Waals surface area contributed by atoms with Gasteiger partial charge in [0.15, 0.2) is 0 Å². The van der Waals surface area contributed by atoms with Crippen LogP contribution in [0.4, 0.5) is 5.69 Å². The number of rotatable bonds is 2. The lowest BCUT2D eigenvalue weighted by Crippen LogP contribution is -2.01. The minimum absolute atomic E-state index is 0.795. The van der Waals surface area contributed by atoms with E-state index in [1.165, 1.54) is 9.13 Å². The Morgan fingerprint density at radius 3 is 2.89 bits per heavy atom. The summed E-state index contributed by atoms with van der Waals surface area (Å²) in [6.45, 7) is 0.795. The van der Waals surface area contributed by atoms with E-state index in [9.17, 15) is 0 Å². The number of fused-ring (bicyclic) bond motifs is 1. The summed E-state index contributed by atoms with van der Waals surface area (Å²) in [7, 11) is 0. The molecule has 0 aliphatic rings. The summed E-state index contributed by atoms with van der Waals surface area (Å²) in [6.07, 6.45) is 1.88. The number of nitrogens with two attached hydrogens (primary N) is 1. The molecule has 3 aromatic rings. The Kier molecular flexibility index (Phi) is 2.95. The van der Waals surface area contributed by atoms with Crippen LogP contribution in [-0.4, -0.2) is 9.55 Å². The third-order valence-electron chi connectivity index (χ3n) is 2.94. The summed E-state index contributed by atoms with van der Waals surface area (Å²) in [5, 5.41) is 0. The van der Waals surface area contributed by atoms with Gasteiger partial charge in [-0.25, -0.2) is 4.98 Å². The van der Waals surface area contributed by atoms with Crippen molar-refractivity contribution in [3.8, 4) is 0 Å². The maximum absolute atomic E-state index is 5.84. The van der Waals surface area contributed by atoms with Crippen LogP contribution in [0, 0.1) is 3.57 Å². The Bertz CT molecular complexity index is 703. The number of nitrogen functional groups attached to an aromatic ring is 1. The maximum atomic E-state index is 5.84. The third kappa shape index (κ3) is 2.08. The Hall–Kier alpha value is -1.56. The second-order valence-electron chi connectivity index (χ2n) is 4.21. The van der Waals surface area contributed by atoms with Gasteiger partial charge in [-0.05, 0) is 58.5 Å². The van der Waals surface area contributed by atoms with E-state index < -0.39 is 0 Å². The first-order valence-electron chi connectivity index (χ1n) is 5.68. The van der Waals surface area contributed by atoms with E-state index >= 15 is 0 Å². The molecule has 0 spiro atoms. The molecule has 4 heteroatoms. The van der Waals surface area contributed by atoms with E-state index in [1.807, 2.05) is 42.7 Å². The molecular formula is C14H12IN3. The molecule has 0 bridgehead atoms. The molecule has 1 heterocycles. The van der Waals surface area contributed by atoms with Crippen molar-refractivity contribution in [2.45, 2.75) is 6.54 Å². The normalized spacial score (nSPS) is 10.9. The number of para-hydroxylation sites is 2. The number of benzene rings is 2. The second-order valence-corrected chi connectivity index (χ2v) is 5.37. The molecule has 0 aliphatic heterocycles. The lowest BCUT2D eigenvalue weighted by molar-refractivity contribution is 0.821. The van der Waals surface area contributed by atoms with Gasteiger partial charge in [-0.3, -0.25) is 0 Å². The van der Waals surface area contributed by atoms with Crippen LogP contribution in [0.15, 0.2) is 48.8 Å². The van der Waals surface area contributed by atoms with Crippen LogP contribution in [0.25, 0.3) is 11.0 Å². The van der Waals surface area contributed by atoms with Crippen molar-refractivity contribution in [2.75, 3.05) is 5.73 Å². The Balaban J connectivity index is 2.04. The Labute approximate surface area is 119 Å². The van der Waals surface area contributed by atoms with E-state index in [2.05, 4.69) is 38.2 Å². The first-order valence-corrected chi connectivity index (χ1v) is 6.76. The molecule has 3 nitrogen and oxygen atoms in total. The van der Waals surface area contributed by atoms with Crippen molar-refractivity contribution in [1.82, 2.24) is 9.55 Å². The fourth-order valence-corrected chi connectivity index (χ4v) is 2.54. The molecule has 0 aliphatic carbocycles. The van der Waals surface area contributed by atoms with Crippen LogP contribution in [0.2, 0.25) is 0 Å². The van der Waals surface area contributed by atoms with Gasteiger partial charge in [-0.2, -0.15) is 0 Å². The maximum Gasteiger partial charge on any atom is 0.0961 e. The largest absolute Gasteiger partial charge is 0.399 e. The minimum Gasteiger partial charge on any atom is -0.399 e. The molecule has 2 N–H and O–H groups in total. The summed E-state index contributed by atoms with van der Waals surface area (Å²) in [4.78, 5) is 4.40. The summed E-state index contributed by atoms with van der Waals surface area (Å²) in [6, 6.07) is 14.1. The quantitative estimate of drug-likeness (QED) is 0.570. The highest BCUT2D eigenvalue weighted by molar-refractivity contribution is 14.1. The molecule has 0 radical (unpaired) electrons. The van der Waals surface area contributed by atoms with Gasteiger partial charge in [0.2, 0.25) is 0 Å². The van der Waals surface area contributed by atoms with Crippen molar-refractivity contribution in [1.29, 1.82) is 0 Å². The molecule has 0 unspecified atom stereocenters. The molecule has 2 aromatic carbocycles. The lowest BCUT2D eigenvalue weighted by atomic mass is 10.2. The summed E-state index contributed by atoms with van der Waals surface area (Å²) in [5.74, 6) is 0. The highest BCUT2D eigenvalue weighted by Gasteiger charge is 2.05. The monoisotopic (exact) mass is 349 g/mol. The van der Waals surface area contributed by atoms with Gasteiger partial charge >= 0.3 is 0 Å². The molecule has 0 amide bonds. The topological polar surface area (TPSA) is 43.8 Å². The van der Waals surface area contributed by atoms with Gasteiger partial charge in [0, 0.05) is 9.26 Å². The van der Waals surface area contributed by atoms with Gasteiger partial charge in [0.1, 0.15) is 0 Å². The number of aromatic nitrogens is 2. The van der Waals surface area contributed by atoms with E-state index in [0.29, 0.717) is 0 Å². The molecule has 1 aromatic heterocycles. The number of nitrogens with zero attached hydrogens (tertiary/aromatic N) is 2. The number of halogens is 1. The molecular weight excluding hydrogens is 337 g/mol. The number of anilines is 1. The molecule has 3 rings (SSSR count). The fraction of sp³-hybridized carbons (Fsp3) is 0.0714.